The molecular formula is C20H24N10O11P2S2. The summed E-state index contributed by atoms with van der Waals surface area (Å²) in [5.74, 6) is -0.132. The van der Waals surface area contributed by atoms with E-state index in [0.29, 0.717) is 0 Å². The molecule has 21 nitrogen and oxygen atoms in total. The minimum atomic E-state index is -4.37. The number of H-pyrrole nitrogens is 1. The molecule has 3 saturated heterocycles. The lowest BCUT2D eigenvalue weighted by molar-refractivity contribution is -0.0588. The van der Waals surface area contributed by atoms with Crippen LogP contribution in [0.25, 0.3) is 22.3 Å². The van der Waals surface area contributed by atoms with Crippen LogP contribution in [0.4, 0.5) is 11.8 Å². The Bertz CT molecular complexity index is 1940. The number of fused-ring (bicyclic) bond motifs is 5. The second kappa shape index (κ2) is 11.3. The first-order valence-electron chi connectivity index (χ1n) is 13.0. The third-order valence-corrected chi connectivity index (χ3v) is 10.5. The molecule has 0 aromatic carbocycles. The zero-order valence-electron chi connectivity index (χ0n) is 22.4. The normalized spacial score (nSPS) is 37.7. The molecule has 8 N–H and O–H groups in total. The summed E-state index contributed by atoms with van der Waals surface area (Å²) in [6.07, 6.45) is -7.27. The van der Waals surface area contributed by atoms with Crippen molar-refractivity contribution in [2.24, 2.45) is 0 Å². The van der Waals surface area contributed by atoms with E-state index in [1.165, 1.54) is 28.1 Å². The maximum atomic E-state index is 13.5. The average Bonchev–Trinajstić information content (AvgIpc) is 3.72. The Morgan fingerprint density at radius 3 is 2.40 bits per heavy atom. The van der Waals surface area contributed by atoms with Gasteiger partial charge in [-0.2, -0.15) is 4.98 Å². The molecule has 0 radical (unpaired) electrons. The van der Waals surface area contributed by atoms with Gasteiger partial charge in [0.25, 0.3) is 5.56 Å². The number of aliphatic hydroxyl groups is 2. The number of anilines is 2. The topological polar surface area (TPSA) is 292 Å². The maximum Gasteiger partial charge on any atom is 0.386 e. The van der Waals surface area contributed by atoms with Gasteiger partial charge in [-0.15, -0.1) is 0 Å². The number of nitrogens with zero attached hydrogens (tertiary/aromatic N) is 7. The molecule has 7 heterocycles. The predicted molar refractivity (Wildman–Crippen MR) is 157 cm³/mol. The molecule has 3 fully saturated rings. The van der Waals surface area contributed by atoms with E-state index in [-0.39, 0.29) is 34.1 Å². The first-order valence-corrected chi connectivity index (χ1v) is 18.2. The van der Waals surface area contributed by atoms with Gasteiger partial charge in [0, 0.05) is 0 Å². The lowest BCUT2D eigenvalue weighted by Gasteiger charge is -2.27. The average molecular weight is 707 g/mol. The van der Waals surface area contributed by atoms with Crippen LogP contribution in [0, 0.1) is 0 Å². The first kappa shape index (κ1) is 31.0. The van der Waals surface area contributed by atoms with Gasteiger partial charge in [0.2, 0.25) is 5.95 Å². The van der Waals surface area contributed by atoms with Gasteiger partial charge in [-0.05, 0) is 11.8 Å². The molecule has 3 aliphatic heterocycles. The van der Waals surface area contributed by atoms with Crippen molar-refractivity contribution in [1.29, 1.82) is 0 Å². The smallest absolute Gasteiger partial charge is 0.386 e. The Hall–Kier alpha value is -2.63. The molecule has 242 valence electrons. The molecule has 0 aliphatic carbocycles. The van der Waals surface area contributed by atoms with Gasteiger partial charge in [0.15, 0.2) is 35.1 Å². The van der Waals surface area contributed by atoms with E-state index in [9.17, 15) is 24.5 Å². The Morgan fingerprint density at radius 1 is 0.933 bits per heavy atom. The second-order valence-electron chi connectivity index (χ2n) is 10.1. The molecule has 7 rings (SSSR count). The summed E-state index contributed by atoms with van der Waals surface area (Å²) >= 11 is 9.29. The summed E-state index contributed by atoms with van der Waals surface area (Å²) in [6.45, 7) is -9.68. The van der Waals surface area contributed by atoms with Crippen molar-refractivity contribution in [3.8, 4) is 0 Å². The van der Waals surface area contributed by atoms with E-state index >= 15 is 0 Å². The van der Waals surface area contributed by atoms with Crippen LogP contribution in [0.15, 0.2) is 23.8 Å². The summed E-state index contributed by atoms with van der Waals surface area (Å²) in [5, 5.41) is 22.4. The van der Waals surface area contributed by atoms with Crippen LogP contribution in [0.2, 0.25) is 0 Å². The van der Waals surface area contributed by atoms with Crippen LogP contribution in [-0.4, -0.2) is 104 Å². The Balaban J connectivity index is 1.21. The van der Waals surface area contributed by atoms with Crippen molar-refractivity contribution in [3.05, 3.63) is 29.3 Å². The van der Waals surface area contributed by atoms with E-state index in [0.717, 1.165) is 0 Å². The van der Waals surface area contributed by atoms with Crippen molar-refractivity contribution in [2.75, 3.05) is 24.7 Å². The summed E-state index contributed by atoms with van der Waals surface area (Å²) in [4.78, 5) is 45.9. The zero-order chi connectivity index (χ0) is 31.8. The SMILES string of the molecule is Nc1nc2c(ncn2C2OC3COP(O)(=S)OC4C(COP(=O)(S)OC2C3O)OC(n2cnc3c(N)ncnc32)C4O)c(=O)[nH]1. The first-order chi connectivity index (χ1) is 21.3. The zero-order valence-corrected chi connectivity index (χ0v) is 25.9. The van der Waals surface area contributed by atoms with Gasteiger partial charge >= 0.3 is 13.5 Å². The minimum absolute atomic E-state index is 0.0310. The van der Waals surface area contributed by atoms with Crippen molar-refractivity contribution < 1.29 is 47.2 Å². The number of imidazole rings is 2. The molecule has 0 amide bonds. The maximum absolute atomic E-state index is 13.5. The summed E-state index contributed by atoms with van der Waals surface area (Å²) in [5.41, 5.74) is 11.3. The molecule has 0 saturated carbocycles. The third-order valence-electron chi connectivity index (χ3n) is 7.32. The number of hydrogen-bond acceptors (Lipinski definition) is 18. The lowest BCUT2D eigenvalue weighted by atomic mass is 10.1. The highest BCUT2D eigenvalue weighted by Gasteiger charge is 2.53. The molecule has 0 spiro atoms. The van der Waals surface area contributed by atoms with Crippen LogP contribution >= 0.6 is 25.8 Å². The summed E-state index contributed by atoms with van der Waals surface area (Å²) in [7, 11) is 0. The van der Waals surface area contributed by atoms with Crippen molar-refractivity contribution in [2.45, 2.75) is 49.1 Å². The molecule has 4 aromatic heterocycles. The van der Waals surface area contributed by atoms with E-state index in [1.807, 2.05) is 0 Å². The number of nitrogens with one attached hydrogen (secondary N) is 1. The van der Waals surface area contributed by atoms with Gasteiger partial charge in [0.1, 0.15) is 48.5 Å². The van der Waals surface area contributed by atoms with Crippen LogP contribution in [0.3, 0.4) is 0 Å². The molecule has 2 bridgehead atoms. The number of nitrogens with two attached hydrogens (primary N) is 2. The molecule has 3 aliphatic rings. The number of nitrogen functional groups attached to an aromatic ring is 2. The minimum Gasteiger partial charge on any atom is -0.387 e. The number of aromatic amines is 1. The van der Waals surface area contributed by atoms with Crippen LogP contribution in [0.1, 0.15) is 12.5 Å². The number of aliphatic hydroxyl groups excluding tert-OH is 2. The molecule has 45 heavy (non-hydrogen) atoms. The fraction of sp³-hybridized carbons (Fsp3) is 0.500. The fourth-order valence-corrected chi connectivity index (χ4v) is 8.20. The summed E-state index contributed by atoms with van der Waals surface area (Å²) < 4.78 is 50.5. The Kier molecular flexibility index (Phi) is 7.76. The van der Waals surface area contributed by atoms with Gasteiger partial charge in [-0.1, -0.05) is 12.2 Å². The highest BCUT2D eigenvalue weighted by Crippen LogP contribution is 2.58. The van der Waals surface area contributed by atoms with Crippen LogP contribution < -0.4 is 17.0 Å². The second-order valence-corrected chi connectivity index (χ2v) is 15.8. The molecule has 10 unspecified atom stereocenters. The van der Waals surface area contributed by atoms with E-state index in [4.69, 9.17) is 50.8 Å². The van der Waals surface area contributed by atoms with Gasteiger partial charge in [-0.3, -0.25) is 32.5 Å². The number of thiol groups is 1. The highest BCUT2D eigenvalue weighted by molar-refractivity contribution is 8.44. The van der Waals surface area contributed by atoms with E-state index in [2.05, 4.69) is 42.2 Å². The van der Waals surface area contributed by atoms with E-state index in [1.54, 1.807) is 0 Å². The number of hydrogen-bond donors (Lipinski definition) is 7. The molecule has 25 heteroatoms. The van der Waals surface area contributed by atoms with Gasteiger partial charge in [-0.25, -0.2) is 24.5 Å². The number of aromatic nitrogens is 8. The number of ether oxygens (including phenoxy) is 2. The van der Waals surface area contributed by atoms with Crippen LogP contribution in [0.5, 0.6) is 0 Å². The standard InChI is InChI=1S/C20H24N10O11P2S2/c21-14-8-15(24-3-23-14)29(4-25-8)18-11(32)12-7(39-18)2-37-43(35,45)41-13-10(31)6(1-36-42(34,44)40-12)38-19(13)30-5-26-9-16(30)27-20(22)28-17(9)33/h3-7,10-13,18-19,31-32H,1-2H2,(H,34,44)(H,35,45)(H2,21,23,24)(H3,22,27,28,33). The molecule has 4 aromatic rings. The van der Waals surface area contributed by atoms with Gasteiger partial charge in [0.05, 0.1) is 25.9 Å². The van der Waals surface area contributed by atoms with Crippen LogP contribution in [-0.2, 0) is 43.9 Å². The quantitative estimate of drug-likeness (QED) is 0.0942. The van der Waals surface area contributed by atoms with E-state index < -0.39 is 81.4 Å². The Labute approximate surface area is 260 Å². The largest absolute Gasteiger partial charge is 0.387 e. The van der Waals surface area contributed by atoms with Crippen molar-refractivity contribution in [3.63, 3.8) is 0 Å². The van der Waals surface area contributed by atoms with Gasteiger partial charge < -0.3 is 40.6 Å². The third kappa shape index (κ3) is 5.56. The predicted octanol–water partition coefficient (Wildman–Crippen LogP) is -1.29. The number of rotatable bonds is 2. The van der Waals surface area contributed by atoms with Crippen molar-refractivity contribution >= 4 is 71.7 Å². The Morgan fingerprint density at radius 2 is 1.62 bits per heavy atom. The molecular weight excluding hydrogens is 682 g/mol. The highest BCUT2D eigenvalue weighted by atomic mass is 32.7. The van der Waals surface area contributed by atoms with Crippen molar-refractivity contribution in [1.82, 2.24) is 39.0 Å². The molecule has 10 atom stereocenters. The summed E-state index contributed by atoms with van der Waals surface area (Å²) in [6, 6.07) is 0. The monoisotopic (exact) mass is 706 g/mol. The lowest BCUT2D eigenvalue weighted by Crippen LogP contribution is -2.36. The fourth-order valence-electron chi connectivity index (χ4n) is 5.30.